The molecule has 0 fully saturated rings. The van der Waals surface area contributed by atoms with Crippen LogP contribution in [0, 0.1) is 0 Å². The molecular weight excluding hydrogens is 252 g/mol. The summed E-state index contributed by atoms with van der Waals surface area (Å²) in [5, 5.41) is 2.52. The minimum absolute atomic E-state index is 0.0465. The van der Waals surface area contributed by atoms with Gasteiger partial charge in [-0.25, -0.2) is 4.79 Å². The van der Waals surface area contributed by atoms with Gasteiger partial charge in [0, 0.05) is 13.7 Å². The number of nitrogens with two attached hydrogens (primary N) is 1. The Balaban J connectivity index is 4.42. The van der Waals surface area contributed by atoms with Gasteiger partial charge in [0.1, 0.15) is 5.60 Å². The van der Waals surface area contributed by atoms with Crippen molar-refractivity contribution in [3.05, 3.63) is 0 Å². The van der Waals surface area contributed by atoms with Gasteiger partial charge in [-0.3, -0.25) is 4.79 Å². The van der Waals surface area contributed by atoms with Gasteiger partial charge in [0.2, 0.25) is 0 Å². The Bertz CT molecular complexity index is 314. The number of amides is 1. The predicted molar refractivity (Wildman–Crippen MR) is 69.7 cm³/mol. The minimum atomic E-state index is -1.03. The van der Waals surface area contributed by atoms with Crippen LogP contribution in [0.5, 0.6) is 0 Å². The molecule has 7 heteroatoms. The number of rotatable bonds is 6. The Kier molecular flexibility index (Phi) is 6.78. The van der Waals surface area contributed by atoms with Crippen LogP contribution in [-0.2, 0) is 19.0 Å². The third-order valence-corrected chi connectivity index (χ3v) is 2.14. The van der Waals surface area contributed by atoms with E-state index in [1.54, 1.807) is 20.8 Å². The Morgan fingerprint density at radius 3 is 2.21 bits per heavy atom. The zero-order chi connectivity index (χ0) is 15.1. The van der Waals surface area contributed by atoms with E-state index in [9.17, 15) is 9.59 Å². The first-order chi connectivity index (χ1) is 8.62. The number of ether oxygens (including phenoxy) is 3. The van der Waals surface area contributed by atoms with E-state index >= 15 is 0 Å². The highest BCUT2D eigenvalue weighted by Gasteiger charge is 2.30. The lowest BCUT2D eigenvalue weighted by Crippen LogP contribution is -2.55. The Hall–Kier alpha value is -1.34. The smallest absolute Gasteiger partial charge is 0.407 e. The molecule has 0 aromatic heterocycles. The van der Waals surface area contributed by atoms with Crippen LogP contribution in [0.3, 0.4) is 0 Å². The fourth-order valence-electron chi connectivity index (χ4n) is 1.37. The minimum Gasteiger partial charge on any atom is -0.469 e. The van der Waals surface area contributed by atoms with Crippen LogP contribution in [0.1, 0.15) is 27.2 Å². The van der Waals surface area contributed by atoms with Crippen molar-refractivity contribution >= 4 is 12.1 Å². The van der Waals surface area contributed by atoms with Crippen molar-refractivity contribution in [2.75, 3.05) is 27.4 Å². The van der Waals surface area contributed by atoms with Crippen molar-refractivity contribution in [2.45, 2.75) is 38.3 Å². The molecule has 19 heavy (non-hydrogen) atoms. The molecule has 0 aliphatic rings. The molecule has 0 aromatic carbocycles. The van der Waals surface area contributed by atoms with E-state index in [-0.39, 0.29) is 19.6 Å². The second-order valence-corrected chi connectivity index (χ2v) is 5.40. The van der Waals surface area contributed by atoms with E-state index in [1.807, 2.05) is 0 Å². The summed E-state index contributed by atoms with van der Waals surface area (Å²) < 4.78 is 14.6. The molecule has 7 nitrogen and oxygen atoms in total. The number of hydrogen-bond acceptors (Lipinski definition) is 6. The van der Waals surface area contributed by atoms with E-state index in [0.29, 0.717) is 0 Å². The maximum Gasteiger partial charge on any atom is 0.407 e. The maximum absolute atomic E-state index is 11.5. The van der Waals surface area contributed by atoms with Crippen LogP contribution < -0.4 is 11.1 Å². The number of methoxy groups -OCH3 is 2. The monoisotopic (exact) mass is 276 g/mol. The van der Waals surface area contributed by atoms with Crippen LogP contribution in [0.25, 0.3) is 0 Å². The largest absolute Gasteiger partial charge is 0.469 e. The van der Waals surface area contributed by atoms with Crippen molar-refractivity contribution in [2.24, 2.45) is 5.73 Å². The third kappa shape index (κ3) is 8.39. The average molecular weight is 276 g/mol. The first-order valence-corrected chi connectivity index (χ1v) is 5.93. The molecule has 0 saturated heterocycles. The summed E-state index contributed by atoms with van der Waals surface area (Å²) in [7, 11) is 2.74. The maximum atomic E-state index is 11.5. The molecule has 0 saturated carbocycles. The molecule has 0 aromatic rings. The molecule has 1 atom stereocenters. The van der Waals surface area contributed by atoms with Crippen LogP contribution in [0.4, 0.5) is 4.79 Å². The Labute approximate surface area is 113 Å². The van der Waals surface area contributed by atoms with Gasteiger partial charge in [-0.2, -0.15) is 0 Å². The lowest BCUT2D eigenvalue weighted by atomic mass is 9.97. The number of nitrogens with one attached hydrogen (secondary N) is 1. The van der Waals surface area contributed by atoms with E-state index in [1.165, 1.54) is 14.2 Å². The summed E-state index contributed by atoms with van der Waals surface area (Å²) in [6, 6.07) is 0. The highest BCUT2D eigenvalue weighted by molar-refractivity contribution is 5.71. The highest BCUT2D eigenvalue weighted by atomic mass is 16.6. The second kappa shape index (κ2) is 7.30. The standard InChI is InChI=1S/C12H24N2O5/c1-11(2,3)19-10(16)14-7-12(13,8-17-4)6-9(15)18-5/h6-8,13H2,1-5H3,(H,14,16). The summed E-state index contributed by atoms with van der Waals surface area (Å²) in [5.74, 6) is -0.467. The van der Waals surface area contributed by atoms with Crippen LogP contribution in [-0.4, -0.2) is 50.6 Å². The molecule has 0 spiro atoms. The number of carbonyl (C=O) groups is 2. The fourth-order valence-corrected chi connectivity index (χ4v) is 1.37. The number of hydrogen-bond donors (Lipinski definition) is 2. The zero-order valence-electron chi connectivity index (χ0n) is 12.2. The quantitative estimate of drug-likeness (QED) is 0.682. The fraction of sp³-hybridized carbons (Fsp3) is 0.833. The number of alkyl carbamates (subject to hydrolysis) is 1. The summed E-state index contributed by atoms with van der Waals surface area (Å²) in [5.41, 5.74) is 4.38. The van der Waals surface area contributed by atoms with Gasteiger partial charge in [-0.05, 0) is 20.8 Å². The average Bonchev–Trinajstić information content (AvgIpc) is 2.24. The van der Waals surface area contributed by atoms with Gasteiger partial charge >= 0.3 is 12.1 Å². The highest BCUT2D eigenvalue weighted by Crippen LogP contribution is 2.10. The van der Waals surface area contributed by atoms with Gasteiger partial charge < -0.3 is 25.3 Å². The Morgan fingerprint density at radius 2 is 1.79 bits per heavy atom. The van der Waals surface area contributed by atoms with E-state index < -0.39 is 23.2 Å². The predicted octanol–water partition coefficient (Wildman–Crippen LogP) is 0.418. The summed E-state index contributed by atoms with van der Waals surface area (Å²) in [6.07, 6.45) is -0.657. The SMILES string of the molecule is COCC(N)(CNC(=O)OC(C)(C)C)CC(=O)OC. The van der Waals surface area contributed by atoms with Crippen molar-refractivity contribution < 1.29 is 23.8 Å². The number of carbonyl (C=O) groups excluding carboxylic acids is 2. The topological polar surface area (TPSA) is 99.9 Å². The summed E-state index contributed by atoms with van der Waals surface area (Å²) in [6.45, 7) is 5.42. The van der Waals surface area contributed by atoms with Gasteiger partial charge in [0.15, 0.2) is 0 Å². The summed E-state index contributed by atoms with van der Waals surface area (Å²) >= 11 is 0. The first kappa shape index (κ1) is 17.7. The lowest BCUT2D eigenvalue weighted by Gasteiger charge is -2.28. The third-order valence-electron chi connectivity index (χ3n) is 2.14. The molecule has 0 rings (SSSR count). The molecule has 0 aliphatic heterocycles. The molecule has 1 unspecified atom stereocenters. The van der Waals surface area contributed by atoms with Crippen LogP contribution in [0.15, 0.2) is 0 Å². The molecule has 3 N–H and O–H groups in total. The zero-order valence-corrected chi connectivity index (χ0v) is 12.2. The van der Waals surface area contributed by atoms with E-state index in [0.717, 1.165) is 0 Å². The van der Waals surface area contributed by atoms with Crippen molar-refractivity contribution in [3.63, 3.8) is 0 Å². The van der Waals surface area contributed by atoms with Crippen molar-refractivity contribution in [1.82, 2.24) is 5.32 Å². The summed E-state index contributed by atoms with van der Waals surface area (Å²) in [4.78, 5) is 22.8. The van der Waals surface area contributed by atoms with E-state index in [4.69, 9.17) is 15.2 Å². The van der Waals surface area contributed by atoms with Gasteiger partial charge in [0.25, 0.3) is 0 Å². The lowest BCUT2D eigenvalue weighted by molar-refractivity contribution is -0.142. The molecule has 0 aliphatic carbocycles. The van der Waals surface area contributed by atoms with E-state index in [2.05, 4.69) is 10.1 Å². The second-order valence-electron chi connectivity index (χ2n) is 5.40. The first-order valence-electron chi connectivity index (χ1n) is 5.93. The molecule has 0 heterocycles. The van der Waals surface area contributed by atoms with Crippen LogP contribution in [0.2, 0.25) is 0 Å². The normalized spacial score (nSPS) is 14.4. The molecule has 0 bridgehead atoms. The van der Waals surface area contributed by atoms with Gasteiger partial charge in [0.05, 0.1) is 25.7 Å². The molecule has 1 amide bonds. The number of esters is 1. The van der Waals surface area contributed by atoms with Crippen LogP contribution >= 0.6 is 0 Å². The molecule has 112 valence electrons. The Morgan fingerprint density at radius 1 is 1.21 bits per heavy atom. The van der Waals surface area contributed by atoms with Crippen molar-refractivity contribution in [1.29, 1.82) is 0 Å². The van der Waals surface area contributed by atoms with Gasteiger partial charge in [-0.15, -0.1) is 0 Å². The molecular formula is C12H24N2O5. The van der Waals surface area contributed by atoms with Crippen molar-refractivity contribution in [3.8, 4) is 0 Å². The molecule has 0 radical (unpaired) electrons. The van der Waals surface area contributed by atoms with Gasteiger partial charge in [-0.1, -0.05) is 0 Å².